The molecule has 2 aliphatic rings. The highest BCUT2D eigenvalue weighted by Gasteiger charge is 2.42. The summed E-state index contributed by atoms with van der Waals surface area (Å²) in [6.45, 7) is 1.14. The molecule has 98 valence electrons. The predicted octanol–water partition coefficient (Wildman–Crippen LogP) is 3.59. The standard InChI is InChI=1S/C16H18N2S/c1-18-14-5-3-2-4-12(14)15-13(6-8-17-15)16(18)11-7-9-19-10-11/h2-5,7,9-10,13,15-17H,6,8H2,1H3/t13-,15-,16-/m1/s1. The van der Waals surface area contributed by atoms with Crippen molar-refractivity contribution in [2.24, 2.45) is 5.92 Å². The Kier molecular flexibility index (Phi) is 2.64. The van der Waals surface area contributed by atoms with Crippen LogP contribution in [0.1, 0.15) is 29.6 Å². The van der Waals surface area contributed by atoms with Gasteiger partial charge in [-0.15, -0.1) is 0 Å². The average molecular weight is 270 g/mol. The summed E-state index contributed by atoms with van der Waals surface area (Å²) in [5, 5.41) is 8.21. The SMILES string of the molecule is CN1c2ccccc2[C@H]2NCC[C@H]2[C@H]1c1ccsc1. The number of hydrogen-bond donors (Lipinski definition) is 1. The van der Waals surface area contributed by atoms with Crippen molar-refractivity contribution in [1.82, 2.24) is 5.32 Å². The maximum Gasteiger partial charge on any atom is 0.0594 e. The number of thiophene rings is 1. The van der Waals surface area contributed by atoms with Gasteiger partial charge < -0.3 is 10.2 Å². The van der Waals surface area contributed by atoms with Gasteiger partial charge in [0.05, 0.1) is 6.04 Å². The third kappa shape index (κ3) is 1.65. The van der Waals surface area contributed by atoms with Crippen molar-refractivity contribution in [2.45, 2.75) is 18.5 Å². The van der Waals surface area contributed by atoms with Crippen LogP contribution in [0.25, 0.3) is 0 Å². The second kappa shape index (κ2) is 4.36. The van der Waals surface area contributed by atoms with Crippen LogP contribution in [0.15, 0.2) is 41.1 Å². The second-order valence-corrected chi connectivity index (χ2v) is 6.34. The minimum atomic E-state index is 0.515. The summed E-state index contributed by atoms with van der Waals surface area (Å²) >= 11 is 1.80. The summed E-state index contributed by atoms with van der Waals surface area (Å²) < 4.78 is 0. The minimum absolute atomic E-state index is 0.515. The minimum Gasteiger partial charge on any atom is -0.367 e. The normalized spacial score (nSPS) is 29.1. The fraction of sp³-hybridized carbons (Fsp3) is 0.375. The molecule has 1 aromatic heterocycles. The van der Waals surface area contributed by atoms with Crippen molar-refractivity contribution >= 4 is 17.0 Å². The number of nitrogens with one attached hydrogen (secondary N) is 1. The molecule has 0 amide bonds. The fourth-order valence-electron chi connectivity index (χ4n) is 3.83. The van der Waals surface area contributed by atoms with Crippen LogP contribution in [-0.2, 0) is 0 Å². The third-order valence-electron chi connectivity index (χ3n) is 4.63. The molecule has 3 heterocycles. The first kappa shape index (κ1) is 11.5. The lowest BCUT2D eigenvalue weighted by atomic mass is 9.80. The third-order valence-corrected chi connectivity index (χ3v) is 5.33. The summed E-state index contributed by atoms with van der Waals surface area (Å²) in [5.41, 5.74) is 4.33. The van der Waals surface area contributed by atoms with E-state index in [4.69, 9.17) is 0 Å². The molecule has 0 unspecified atom stereocenters. The van der Waals surface area contributed by atoms with Crippen molar-refractivity contribution in [3.05, 3.63) is 52.2 Å². The topological polar surface area (TPSA) is 15.3 Å². The highest BCUT2D eigenvalue weighted by molar-refractivity contribution is 7.08. The summed E-state index contributed by atoms with van der Waals surface area (Å²) in [6, 6.07) is 12.2. The highest BCUT2D eigenvalue weighted by atomic mass is 32.1. The van der Waals surface area contributed by atoms with Crippen LogP contribution in [0.5, 0.6) is 0 Å². The largest absolute Gasteiger partial charge is 0.367 e. The molecule has 0 radical (unpaired) electrons. The van der Waals surface area contributed by atoms with Gasteiger partial charge in [-0.25, -0.2) is 0 Å². The van der Waals surface area contributed by atoms with E-state index in [1.165, 1.54) is 23.2 Å². The Morgan fingerprint density at radius 2 is 2.16 bits per heavy atom. The maximum absolute atomic E-state index is 3.70. The fourth-order valence-corrected chi connectivity index (χ4v) is 4.52. The number of benzene rings is 1. The Bertz CT molecular complexity index is 578. The van der Waals surface area contributed by atoms with Crippen LogP contribution in [0.3, 0.4) is 0 Å². The van der Waals surface area contributed by atoms with Crippen LogP contribution < -0.4 is 10.2 Å². The Balaban J connectivity index is 1.86. The summed E-state index contributed by atoms with van der Waals surface area (Å²) in [6.07, 6.45) is 1.27. The molecule has 0 saturated carbocycles. The van der Waals surface area contributed by atoms with E-state index in [2.05, 4.69) is 58.4 Å². The van der Waals surface area contributed by atoms with Gasteiger partial charge in [0.1, 0.15) is 0 Å². The first-order valence-corrected chi connectivity index (χ1v) is 7.88. The molecule has 3 heteroatoms. The first-order valence-electron chi connectivity index (χ1n) is 6.93. The van der Waals surface area contributed by atoms with E-state index in [0.717, 1.165) is 6.54 Å². The second-order valence-electron chi connectivity index (χ2n) is 5.56. The lowest BCUT2D eigenvalue weighted by molar-refractivity contribution is 0.357. The number of nitrogens with zero attached hydrogens (tertiary/aromatic N) is 1. The summed E-state index contributed by atoms with van der Waals surface area (Å²) in [5.74, 6) is 0.689. The molecule has 2 aliphatic heterocycles. The Morgan fingerprint density at radius 3 is 3.00 bits per heavy atom. The molecular weight excluding hydrogens is 252 g/mol. The van der Waals surface area contributed by atoms with E-state index in [9.17, 15) is 0 Å². The Morgan fingerprint density at radius 1 is 1.26 bits per heavy atom. The predicted molar refractivity (Wildman–Crippen MR) is 80.8 cm³/mol. The number of rotatable bonds is 1. The molecule has 1 aromatic carbocycles. The Labute approximate surface area is 118 Å². The number of fused-ring (bicyclic) bond motifs is 3. The molecule has 2 aromatic rings. The van der Waals surface area contributed by atoms with Crippen molar-refractivity contribution in [3.8, 4) is 0 Å². The lowest BCUT2D eigenvalue weighted by Crippen LogP contribution is -2.38. The van der Waals surface area contributed by atoms with Crippen LogP contribution >= 0.6 is 11.3 Å². The van der Waals surface area contributed by atoms with E-state index in [-0.39, 0.29) is 0 Å². The van der Waals surface area contributed by atoms with Gasteiger partial charge >= 0.3 is 0 Å². The lowest BCUT2D eigenvalue weighted by Gasteiger charge is -2.43. The average Bonchev–Trinajstić information content (AvgIpc) is 3.10. The van der Waals surface area contributed by atoms with Gasteiger partial charge in [-0.1, -0.05) is 18.2 Å². The molecule has 0 spiro atoms. The van der Waals surface area contributed by atoms with E-state index in [1.54, 1.807) is 11.3 Å². The Hall–Kier alpha value is -1.32. The van der Waals surface area contributed by atoms with Crippen LogP contribution in [-0.4, -0.2) is 13.6 Å². The van der Waals surface area contributed by atoms with Crippen molar-refractivity contribution < 1.29 is 0 Å². The summed E-state index contributed by atoms with van der Waals surface area (Å²) in [4.78, 5) is 2.48. The van der Waals surface area contributed by atoms with Gasteiger partial charge in [0.25, 0.3) is 0 Å². The maximum atomic E-state index is 3.70. The molecule has 2 nitrogen and oxygen atoms in total. The van der Waals surface area contributed by atoms with E-state index in [0.29, 0.717) is 18.0 Å². The van der Waals surface area contributed by atoms with Crippen molar-refractivity contribution in [3.63, 3.8) is 0 Å². The van der Waals surface area contributed by atoms with Gasteiger partial charge in [-0.05, 0) is 47.0 Å². The molecule has 1 N–H and O–H groups in total. The molecular formula is C16H18N2S. The van der Waals surface area contributed by atoms with Gasteiger partial charge in [-0.3, -0.25) is 0 Å². The quantitative estimate of drug-likeness (QED) is 0.852. The monoisotopic (exact) mass is 270 g/mol. The zero-order valence-corrected chi connectivity index (χ0v) is 11.9. The van der Waals surface area contributed by atoms with E-state index in [1.807, 2.05) is 0 Å². The molecule has 19 heavy (non-hydrogen) atoms. The van der Waals surface area contributed by atoms with Gasteiger partial charge in [0.15, 0.2) is 0 Å². The van der Waals surface area contributed by atoms with Gasteiger partial charge in [-0.2, -0.15) is 11.3 Å². The zero-order chi connectivity index (χ0) is 12.8. The van der Waals surface area contributed by atoms with Crippen LogP contribution in [0.4, 0.5) is 5.69 Å². The zero-order valence-electron chi connectivity index (χ0n) is 11.0. The van der Waals surface area contributed by atoms with Crippen LogP contribution in [0, 0.1) is 5.92 Å². The summed E-state index contributed by atoms with van der Waals surface area (Å²) in [7, 11) is 2.25. The van der Waals surface area contributed by atoms with Crippen molar-refractivity contribution in [1.29, 1.82) is 0 Å². The highest BCUT2D eigenvalue weighted by Crippen LogP contribution is 2.50. The number of anilines is 1. The number of para-hydroxylation sites is 1. The van der Waals surface area contributed by atoms with Gasteiger partial charge in [0, 0.05) is 24.7 Å². The molecule has 1 fully saturated rings. The molecule has 0 bridgehead atoms. The molecule has 4 rings (SSSR count). The molecule has 0 aliphatic carbocycles. The van der Waals surface area contributed by atoms with E-state index >= 15 is 0 Å². The smallest absolute Gasteiger partial charge is 0.0594 e. The molecule has 1 saturated heterocycles. The van der Waals surface area contributed by atoms with Gasteiger partial charge in [0.2, 0.25) is 0 Å². The molecule has 3 atom stereocenters. The number of hydrogen-bond acceptors (Lipinski definition) is 3. The first-order chi connectivity index (χ1) is 9.36. The van der Waals surface area contributed by atoms with E-state index < -0.39 is 0 Å². The van der Waals surface area contributed by atoms with Crippen LogP contribution in [0.2, 0.25) is 0 Å². The van der Waals surface area contributed by atoms with Crippen molar-refractivity contribution in [2.75, 3.05) is 18.5 Å².